The molecule has 0 bridgehead atoms. The Hall–Kier alpha value is -2.83. The van der Waals surface area contributed by atoms with Crippen molar-refractivity contribution >= 4 is 17.4 Å². The van der Waals surface area contributed by atoms with Gasteiger partial charge in [-0.1, -0.05) is 6.07 Å². The predicted octanol–water partition coefficient (Wildman–Crippen LogP) is 2.16. The minimum Gasteiger partial charge on any atom is -0.489 e. The Morgan fingerprint density at radius 2 is 2.04 bits per heavy atom. The summed E-state index contributed by atoms with van der Waals surface area (Å²) in [6, 6.07) is 10.4. The van der Waals surface area contributed by atoms with Gasteiger partial charge in [-0.2, -0.15) is 0 Å². The molecule has 0 aliphatic carbocycles. The largest absolute Gasteiger partial charge is 0.489 e. The van der Waals surface area contributed by atoms with Crippen molar-refractivity contribution in [1.29, 1.82) is 0 Å². The van der Waals surface area contributed by atoms with E-state index < -0.39 is 0 Å². The number of benzene rings is 1. The zero-order valence-electron chi connectivity index (χ0n) is 15.3. The van der Waals surface area contributed by atoms with Gasteiger partial charge in [-0.15, -0.1) is 0 Å². The van der Waals surface area contributed by atoms with Gasteiger partial charge in [0.15, 0.2) is 0 Å². The molecule has 1 aromatic carbocycles. The molecule has 1 unspecified atom stereocenters. The second kappa shape index (κ2) is 7.42. The monoisotopic (exact) mass is 370 g/mol. The molecule has 0 spiro atoms. The third-order valence-corrected chi connectivity index (χ3v) is 5.15. The van der Waals surface area contributed by atoms with Crippen LogP contribution in [0.25, 0.3) is 0 Å². The van der Waals surface area contributed by atoms with Gasteiger partial charge in [-0.3, -0.25) is 4.79 Å². The maximum Gasteiger partial charge on any atom is 0.242 e. The molecule has 1 fully saturated rings. The van der Waals surface area contributed by atoms with Gasteiger partial charge in [0.05, 0.1) is 18.3 Å². The molecule has 27 heavy (non-hydrogen) atoms. The number of piperazine rings is 1. The minimum absolute atomic E-state index is 0.0571. The smallest absolute Gasteiger partial charge is 0.242 e. The molecule has 4 rings (SSSR count). The highest BCUT2D eigenvalue weighted by Crippen LogP contribution is 2.34. The number of hydrogen-bond donors (Lipinski definition) is 0. The number of hydrogen-bond acceptors (Lipinski definition) is 5. The summed E-state index contributed by atoms with van der Waals surface area (Å²) in [5, 5.41) is 0. The lowest BCUT2D eigenvalue weighted by Gasteiger charge is -2.39. The van der Waals surface area contributed by atoms with Crippen LogP contribution in [0.4, 0.5) is 15.9 Å². The summed E-state index contributed by atoms with van der Waals surface area (Å²) >= 11 is 0. The number of fused-ring (bicyclic) bond motifs is 1. The molecule has 142 valence electrons. The number of anilines is 2. The summed E-state index contributed by atoms with van der Waals surface area (Å²) in [4.78, 5) is 23.3. The Morgan fingerprint density at radius 3 is 2.78 bits per heavy atom. The Bertz CT molecular complexity index is 809. The Morgan fingerprint density at radius 1 is 1.22 bits per heavy atom. The fraction of sp³-hybridized carbons (Fsp3) is 0.400. The SMILES string of the molecule is CC1COc2cc(F)ccc2N1CC(=O)N1CCN(c2ccccn2)CC1. The number of halogens is 1. The van der Waals surface area contributed by atoms with E-state index in [1.807, 2.05) is 34.9 Å². The third kappa shape index (κ3) is 3.67. The zero-order valence-corrected chi connectivity index (χ0v) is 15.3. The van der Waals surface area contributed by atoms with Crippen molar-refractivity contribution < 1.29 is 13.9 Å². The van der Waals surface area contributed by atoms with Gasteiger partial charge in [-0.25, -0.2) is 9.37 Å². The lowest BCUT2D eigenvalue weighted by molar-refractivity contribution is -0.130. The van der Waals surface area contributed by atoms with Crippen molar-refractivity contribution in [2.24, 2.45) is 0 Å². The van der Waals surface area contributed by atoms with E-state index in [0.717, 1.165) is 24.6 Å². The van der Waals surface area contributed by atoms with Gasteiger partial charge in [-0.05, 0) is 31.2 Å². The molecule has 1 atom stereocenters. The first-order chi connectivity index (χ1) is 13.1. The van der Waals surface area contributed by atoms with Gasteiger partial charge in [0.1, 0.15) is 24.0 Å². The van der Waals surface area contributed by atoms with E-state index in [9.17, 15) is 9.18 Å². The molecule has 2 aliphatic rings. The minimum atomic E-state index is -0.333. The van der Waals surface area contributed by atoms with Crippen molar-refractivity contribution in [1.82, 2.24) is 9.88 Å². The summed E-state index contributed by atoms with van der Waals surface area (Å²) in [6.07, 6.45) is 1.78. The van der Waals surface area contributed by atoms with Crippen molar-refractivity contribution in [3.05, 3.63) is 48.4 Å². The van der Waals surface area contributed by atoms with Crippen LogP contribution in [0.3, 0.4) is 0 Å². The first kappa shape index (κ1) is 17.6. The van der Waals surface area contributed by atoms with E-state index >= 15 is 0 Å². The normalized spacial score (nSPS) is 19.5. The molecule has 0 N–H and O–H groups in total. The number of carbonyl (C=O) groups is 1. The average Bonchev–Trinajstić information content (AvgIpc) is 2.71. The van der Waals surface area contributed by atoms with E-state index in [2.05, 4.69) is 9.88 Å². The fourth-order valence-corrected chi connectivity index (χ4v) is 3.59. The number of pyridine rings is 1. The standard InChI is InChI=1S/C20H23FN4O2/c1-15-14-27-18-12-16(21)5-6-17(18)25(15)13-20(26)24-10-8-23(9-11-24)19-4-2-3-7-22-19/h2-7,12,15H,8-11,13-14H2,1H3. The first-order valence-corrected chi connectivity index (χ1v) is 9.24. The summed E-state index contributed by atoms with van der Waals surface area (Å²) in [6.45, 7) is 5.60. The highest BCUT2D eigenvalue weighted by molar-refractivity contribution is 5.83. The van der Waals surface area contributed by atoms with Gasteiger partial charge >= 0.3 is 0 Å². The number of amides is 1. The zero-order chi connectivity index (χ0) is 18.8. The molecule has 7 heteroatoms. The summed E-state index contributed by atoms with van der Waals surface area (Å²) < 4.78 is 19.1. The number of aromatic nitrogens is 1. The van der Waals surface area contributed by atoms with Crippen molar-refractivity contribution in [3.63, 3.8) is 0 Å². The number of ether oxygens (including phenoxy) is 1. The lowest BCUT2D eigenvalue weighted by atomic mass is 10.1. The Kier molecular flexibility index (Phi) is 4.83. The van der Waals surface area contributed by atoms with Crippen molar-refractivity contribution in [3.8, 4) is 5.75 Å². The van der Waals surface area contributed by atoms with Crippen LogP contribution in [0.2, 0.25) is 0 Å². The van der Waals surface area contributed by atoms with Gasteiger partial charge in [0.25, 0.3) is 0 Å². The second-order valence-electron chi connectivity index (χ2n) is 6.96. The Balaban J connectivity index is 1.40. The van der Waals surface area contributed by atoms with Crippen molar-refractivity contribution in [2.75, 3.05) is 49.1 Å². The van der Waals surface area contributed by atoms with Gasteiger partial charge < -0.3 is 19.4 Å². The van der Waals surface area contributed by atoms with Crippen LogP contribution in [-0.4, -0.2) is 61.2 Å². The third-order valence-electron chi connectivity index (χ3n) is 5.15. The van der Waals surface area contributed by atoms with Crippen molar-refractivity contribution in [2.45, 2.75) is 13.0 Å². The first-order valence-electron chi connectivity index (χ1n) is 9.24. The van der Waals surface area contributed by atoms with E-state index in [-0.39, 0.29) is 24.3 Å². The molecule has 1 amide bonds. The van der Waals surface area contributed by atoms with E-state index in [0.29, 0.717) is 25.4 Å². The summed E-state index contributed by atoms with van der Waals surface area (Å²) in [5.74, 6) is 1.20. The number of carbonyl (C=O) groups excluding carboxylic acids is 1. The molecular weight excluding hydrogens is 347 g/mol. The van der Waals surface area contributed by atoms with Crippen LogP contribution in [0.1, 0.15) is 6.92 Å². The van der Waals surface area contributed by atoms with Crippen LogP contribution in [-0.2, 0) is 4.79 Å². The lowest BCUT2D eigenvalue weighted by Crippen LogP contribution is -2.53. The van der Waals surface area contributed by atoms with E-state index in [1.54, 1.807) is 12.3 Å². The maximum absolute atomic E-state index is 13.5. The van der Waals surface area contributed by atoms with E-state index in [4.69, 9.17) is 4.74 Å². The predicted molar refractivity (Wildman–Crippen MR) is 102 cm³/mol. The molecular formula is C20H23FN4O2. The molecule has 1 saturated heterocycles. The summed E-state index contributed by atoms with van der Waals surface area (Å²) in [7, 11) is 0. The van der Waals surface area contributed by atoms with Crippen LogP contribution >= 0.6 is 0 Å². The molecule has 3 heterocycles. The van der Waals surface area contributed by atoms with Crippen LogP contribution in [0, 0.1) is 5.82 Å². The van der Waals surface area contributed by atoms with Gasteiger partial charge in [0.2, 0.25) is 5.91 Å². The topological polar surface area (TPSA) is 48.9 Å². The fourth-order valence-electron chi connectivity index (χ4n) is 3.59. The van der Waals surface area contributed by atoms with Gasteiger partial charge in [0, 0.05) is 38.4 Å². The number of rotatable bonds is 3. The Labute approximate surface area is 158 Å². The highest BCUT2D eigenvalue weighted by atomic mass is 19.1. The van der Waals surface area contributed by atoms with E-state index in [1.165, 1.54) is 12.1 Å². The highest BCUT2D eigenvalue weighted by Gasteiger charge is 2.29. The molecule has 1 aromatic heterocycles. The molecule has 2 aromatic rings. The molecule has 0 radical (unpaired) electrons. The van der Waals surface area contributed by atoms with Crippen LogP contribution < -0.4 is 14.5 Å². The molecule has 6 nitrogen and oxygen atoms in total. The molecule has 2 aliphatic heterocycles. The van der Waals surface area contributed by atoms with Crippen LogP contribution in [0.15, 0.2) is 42.6 Å². The maximum atomic E-state index is 13.5. The summed E-state index contributed by atoms with van der Waals surface area (Å²) in [5.41, 5.74) is 0.774. The quantitative estimate of drug-likeness (QED) is 0.829. The average molecular weight is 370 g/mol. The number of nitrogens with zero attached hydrogens (tertiary/aromatic N) is 4. The van der Waals surface area contributed by atoms with Crippen LogP contribution in [0.5, 0.6) is 5.75 Å². The second-order valence-corrected chi connectivity index (χ2v) is 6.96. The molecule has 0 saturated carbocycles.